The molecule has 22 heavy (non-hydrogen) atoms. The van der Waals surface area contributed by atoms with Gasteiger partial charge in [0.1, 0.15) is 5.82 Å². The Labute approximate surface area is 127 Å². The van der Waals surface area contributed by atoms with Crippen LogP contribution in [0.15, 0.2) is 23.2 Å². The number of ether oxygens (including phenoxy) is 1. The van der Waals surface area contributed by atoms with Crippen LogP contribution in [0.2, 0.25) is 0 Å². The number of methoxy groups -OCH3 is 1. The molecule has 2 N–H and O–H groups in total. The van der Waals surface area contributed by atoms with Crippen LogP contribution in [0.3, 0.4) is 0 Å². The summed E-state index contributed by atoms with van der Waals surface area (Å²) in [7, 11) is 1.19. The maximum atomic E-state index is 13.2. The molecule has 120 valence electrons. The molecule has 1 aromatic heterocycles. The lowest BCUT2D eigenvalue weighted by Gasteiger charge is -2.08. The first-order chi connectivity index (χ1) is 10.3. The van der Waals surface area contributed by atoms with Crippen molar-refractivity contribution in [3.63, 3.8) is 0 Å². The molecular weight excluding hydrogens is 324 g/mol. The lowest BCUT2D eigenvalue weighted by molar-refractivity contribution is -0.0329. The summed E-state index contributed by atoms with van der Waals surface area (Å²) in [5.74, 6) is -0.545. The Balaban J connectivity index is 2.31. The van der Waals surface area contributed by atoms with E-state index in [-0.39, 0.29) is 35.3 Å². The molecule has 0 unspecified atom stereocenters. The monoisotopic (exact) mass is 336 g/mol. The van der Waals surface area contributed by atoms with Crippen molar-refractivity contribution in [2.24, 2.45) is 0 Å². The first-order valence-electron chi connectivity index (χ1n) is 6.18. The van der Waals surface area contributed by atoms with Crippen LogP contribution in [0, 0.1) is 5.82 Å². The van der Waals surface area contributed by atoms with Crippen molar-refractivity contribution in [3.8, 4) is 0 Å². The number of amides is 1. The van der Waals surface area contributed by atoms with Gasteiger partial charge in [0.05, 0.1) is 12.1 Å². The highest BCUT2D eigenvalue weighted by atomic mass is 32.2. The van der Waals surface area contributed by atoms with Gasteiger partial charge in [-0.1, -0.05) is 0 Å². The average molecular weight is 336 g/mol. The molecule has 0 saturated heterocycles. The number of benzene rings is 1. The largest absolute Gasteiger partial charge is 0.453 e. The zero-order chi connectivity index (χ0) is 16.3. The summed E-state index contributed by atoms with van der Waals surface area (Å²) < 4.78 is 55.4. The highest BCUT2D eigenvalue weighted by molar-refractivity contribution is 8.00. The van der Waals surface area contributed by atoms with Crippen molar-refractivity contribution in [3.05, 3.63) is 29.6 Å². The van der Waals surface area contributed by atoms with Crippen LogP contribution in [0.5, 0.6) is 0 Å². The van der Waals surface area contributed by atoms with E-state index in [2.05, 4.69) is 15.0 Å². The van der Waals surface area contributed by atoms with E-state index in [0.29, 0.717) is 10.9 Å². The SMILES string of the molecule is COC(=O)NCCc1c(SC(F)(F)F)[nH]c2cc(F)ccc12. The molecule has 0 fully saturated rings. The molecule has 2 rings (SSSR count). The lowest BCUT2D eigenvalue weighted by Crippen LogP contribution is -2.25. The van der Waals surface area contributed by atoms with Crippen molar-refractivity contribution in [2.45, 2.75) is 17.0 Å². The topological polar surface area (TPSA) is 54.1 Å². The molecule has 0 aliphatic carbocycles. The number of alkyl halides is 3. The van der Waals surface area contributed by atoms with Crippen molar-refractivity contribution in [1.29, 1.82) is 0 Å². The normalized spacial score (nSPS) is 11.7. The molecule has 0 bridgehead atoms. The summed E-state index contributed by atoms with van der Waals surface area (Å²) in [5.41, 5.74) is -3.82. The first kappa shape index (κ1) is 16.5. The second-order valence-electron chi connectivity index (χ2n) is 4.34. The Morgan fingerprint density at radius 3 is 2.77 bits per heavy atom. The number of alkyl carbamates (subject to hydrolysis) is 1. The smallest absolute Gasteiger partial charge is 0.447 e. The van der Waals surface area contributed by atoms with Crippen LogP contribution in [0.1, 0.15) is 5.56 Å². The second-order valence-corrected chi connectivity index (χ2v) is 5.41. The summed E-state index contributed by atoms with van der Waals surface area (Å²) >= 11 is -0.298. The molecule has 9 heteroatoms. The molecule has 1 heterocycles. The Morgan fingerprint density at radius 1 is 1.41 bits per heavy atom. The third-order valence-corrected chi connectivity index (χ3v) is 3.66. The lowest BCUT2D eigenvalue weighted by atomic mass is 10.1. The Morgan fingerprint density at radius 2 is 2.14 bits per heavy atom. The predicted molar refractivity (Wildman–Crippen MR) is 74.3 cm³/mol. The number of hydrogen-bond donors (Lipinski definition) is 2. The maximum Gasteiger partial charge on any atom is 0.447 e. The standard InChI is InChI=1S/C13H12F4N2O2S/c1-21-12(20)18-5-4-9-8-3-2-7(14)6-10(8)19-11(9)22-13(15,16)17/h2-3,6,19H,4-5H2,1H3,(H,18,20). The number of H-pyrrole nitrogens is 1. The number of rotatable bonds is 4. The molecule has 0 spiro atoms. The number of thioether (sulfide) groups is 1. The van der Waals surface area contributed by atoms with Gasteiger partial charge in [-0.2, -0.15) is 13.2 Å². The van der Waals surface area contributed by atoms with Crippen LogP contribution in [-0.4, -0.2) is 30.2 Å². The molecule has 2 aromatic rings. The minimum atomic E-state index is -4.47. The van der Waals surface area contributed by atoms with Gasteiger partial charge < -0.3 is 15.0 Å². The van der Waals surface area contributed by atoms with Crippen LogP contribution >= 0.6 is 11.8 Å². The van der Waals surface area contributed by atoms with Crippen LogP contribution in [0.25, 0.3) is 10.9 Å². The van der Waals surface area contributed by atoms with Gasteiger partial charge in [-0.3, -0.25) is 0 Å². The fourth-order valence-corrected chi connectivity index (χ4v) is 2.74. The summed E-state index contributed by atoms with van der Waals surface area (Å²) in [5, 5.41) is 2.77. The zero-order valence-electron chi connectivity index (χ0n) is 11.4. The first-order valence-corrected chi connectivity index (χ1v) is 6.99. The molecule has 1 aromatic carbocycles. The predicted octanol–water partition coefficient (Wildman–Crippen LogP) is 3.82. The summed E-state index contributed by atoms with van der Waals surface area (Å²) in [6.45, 7) is 0.0996. The van der Waals surface area contributed by atoms with Crippen LogP contribution in [0.4, 0.5) is 22.4 Å². The third-order valence-electron chi connectivity index (χ3n) is 2.88. The Bertz CT molecular complexity index is 684. The third kappa shape index (κ3) is 4.06. The van der Waals surface area contributed by atoms with Crippen molar-refractivity contribution in [2.75, 3.05) is 13.7 Å². The number of halogens is 4. The number of nitrogens with one attached hydrogen (secondary N) is 2. The van der Waals surface area contributed by atoms with E-state index in [1.54, 1.807) is 0 Å². The minimum Gasteiger partial charge on any atom is -0.453 e. The van der Waals surface area contributed by atoms with E-state index >= 15 is 0 Å². The number of fused-ring (bicyclic) bond motifs is 1. The van der Waals surface area contributed by atoms with Gasteiger partial charge in [0.25, 0.3) is 0 Å². The fraction of sp³-hybridized carbons (Fsp3) is 0.308. The van der Waals surface area contributed by atoms with Gasteiger partial charge in [-0.15, -0.1) is 0 Å². The fourth-order valence-electron chi connectivity index (χ4n) is 2.02. The van der Waals surface area contributed by atoms with E-state index < -0.39 is 17.4 Å². The molecule has 0 radical (unpaired) electrons. The molecule has 1 amide bonds. The molecular formula is C13H12F4N2O2S. The maximum absolute atomic E-state index is 13.2. The molecule has 4 nitrogen and oxygen atoms in total. The summed E-state index contributed by atoms with van der Waals surface area (Å²) in [6.07, 6.45) is -0.519. The molecule has 0 atom stereocenters. The Kier molecular flexibility index (Phi) is 4.84. The van der Waals surface area contributed by atoms with Crippen molar-refractivity contribution < 1.29 is 27.1 Å². The van der Waals surface area contributed by atoms with Crippen molar-refractivity contribution >= 4 is 28.8 Å². The summed E-state index contributed by atoms with van der Waals surface area (Å²) in [6, 6.07) is 3.72. The molecule has 0 aliphatic rings. The van der Waals surface area contributed by atoms with Gasteiger partial charge in [0.2, 0.25) is 0 Å². The van der Waals surface area contributed by atoms with E-state index in [1.165, 1.54) is 19.2 Å². The number of carbonyl (C=O) groups excluding carboxylic acids is 1. The average Bonchev–Trinajstić information content (AvgIpc) is 2.73. The van der Waals surface area contributed by atoms with Crippen molar-refractivity contribution in [1.82, 2.24) is 10.3 Å². The van der Waals surface area contributed by atoms with E-state index in [1.807, 2.05) is 0 Å². The Hall–Kier alpha value is -1.90. The van der Waals surface area contributed by atoms with E-state index in [0.717, 1.165) is 6.07 Å². The van der Waals surface area contributed by atoms with Gasteiger partial charge in [0, 0.05) is 29.2 Å². The minimum absolute atomic E-state index is 0.0996. The van der Waals surface area contributed by atoms with Gasteiger partial charge in [0.15, 0.2) is 0 Å². The molecule has 0 aliphatic heterocycles. The summed E-state index contributed by atoms with van der Waals surface area (Å²) in [4.78, 5) is 13.6. The quantitative estimate of drug-likeness (QED) is 0.659. The van der Waals surface area contributed by atoms with E-state index in [4.69, 9.17) is 0 Å². The zero-order valence-corrected chi connectivity index (χ0v) is 12.2. The number of aromatic amines is 1. The number of carbonyl (C=O) groups is 1. The van der Waals surface area contributed by atoms with Gasteiger partial charge in [-0.25, -0.2) is 9.18 Å². The number of hydrogen-bond acceptors (Lipinski definition) is 3. The second kappa shape index (κ2) is 6.47. The number of aromatic nitrogens is 1. The van der Waals surface area contributed by atoms with Crippen LogP contribution in [-0.2, 0) is 11.2 Å². The highest BCUT2D eigenvalue weighted by Crippen LogP contribution is 2.40. The van der Waals surface area contributed by atoms with Gasteiger partial charge in [-0.05, 0) is 30.2 Å². The van der Waals surface area contributed by atoms with Crippen LogP contribution < -0.4 is 5.32 Å². The highest BCUT2D eigenvalue weighted by Gasteiger charge is 2.32. The van der Waals surface area contributed by atoms with E-state index in [9.17, 15) is 22.4 Å². The van der Waals surface area contributed by atoms with Gasteiger partial charge >= 0.3 is 11.6 Å². The molecule has 0 saturated carbocycles.